The first-order chi connectivity index (χ1) is 16.1. The summed E-state index contributed by atoms with van der Waals surface area (Å²) in [6, 6.07) is 18.1. The first-order valence-electron chi connectivity index (χ1n) is 10.3. The van der Waals surface area contributed by atoms with E-state index in [-0.39, 0.29) is 16.3 Å². The number of nitrogens with one attached hydrogen (secondary N) is 2. The molecule has 34 heavy (non-hydrogen) atoms. The van der Waals surface area contributed by atoms with Crippen molar-refractivity contribution >= 4 is 43.8 Å². The van der Waals surface area contributed by atoms with Crippen LogP contribution in [0.4, 0.5) is 17.1 Å². The zero-order valence-corrected chi connectivity index (χ0v) is 19.5. The van der Waals surface area contributed by atoms with E-state index >= 15 is 0 Å². The van der Waals surface area contributed by atoms with Gasteiger partial charge in [-0.3, -0.25) is 20.3 Å². The molecular formula is C24H22N4O5S. The van der Waals surface area contributed by atoms with Gasteiger partial charge in [0.15, 0.2) is 5.76 Å². The summed E-state index contributed by atoms with van der Waals surface area (Å²) < 4.78 is 34.7. The fraction of sp³-hybridized carbons (Fsp3) is 0.125. The smallest absolute Gasteiger partial charge is 0.270 e. The van der Waals surface area contributed by atoms with E-state index in [0.717, 1.165) is 22.6 Å². The minimum absolute atomic E-state index is 0.0818. The Morgan fingerprint density at radius 2 is 1.74 bits per heavy atom. The van der Waals surface area contributed by atoms with Gasteiger partial charge < -0.3 is 4.42 Å². The van der Waals surface area contributed by atoms with Crippen molar-refractivity contribution in [2.45, 2.75) is 25.7 Å². The zero-order chi connectivity index (χ0) is 24.5. The molecule has 0 aliphatic rings. The number of para-hydroxylation sites is 1. The van der Waals surface area contributed by atoms with E-state index in [1.165, 1.54) is 12.1 Å². The van der Waals surface area contributed by atoms with E-state index in [9.17, 15) is 18.5 Å². The molecule has 0 fully saturated rings. The second-order valence-corrected chi connectivity index (χ2v) is 9.47. The number of hydrogen-bond acceptors (Lipinski definition) is 7. The molecule has 10 heteroatoms. The molecule has 4 rings (SSSR count). The van der Waals surface area contributed by atoms with Gasteiger partial charge in [-0.2, -0.15) is 5.10 Å². The lowest BCUT2D eigenvalue weighted by Crippen LogP contribution is -2.16. The quantitative estimate of drug-likeness (QED) is 0.202. The van der Waals surface area contributed by atoms with Crippen LogP contribution in [0.25, 0.3) is 11.0 Å². The summed E-state index contributed by atoms with van der Waals surface area (Å²) in [5.41, 5.74) is 5.70. The predicted octanol–water partition coefficient (Wildman–Crippen LogP) is 5.59. The Morgan fingerprint density at radius 1 is 1.00 bits per heavy atom. The van der Waals surface area contributed by atoms with Crippen molar-refractivity contribution in [1.82, 2.24) is 0 Å². The first-order valence-corrected chi connectivity index (χ1v) is 11.8. The van der Waals surface area contributed by atoms with Crippen molar-refractivity contribution in [3.05, 3.63) is 93.7 Å². The summed E-state index contributed by atoms with van der Waals surface area (Å²) in [5.74, 6) is 0.508. The number of sulfonamides is 1. The molecule has 174 valence electrons. The van der Waals surface area contributed by atoms with E-state index in [1.807, 2.05) is 43.3 Å². The lowest BCUT2D eigenvalue weighted by Gasteiger charge is -2.14. The van der Waals surface area contributed by atoms with Crippen molar-refractivity contribution in [1.29, 1.82) is 0 Å². The maximum atomic E-state index is 13.2. The molecule has 1 aromatic heterocycles. The molecule has 4 aromatic rings. The summed E-state index contributed by atoms with van der Waals surface area (Å²) in [5, 5.41) is 16.5. The minimum Gasteiger partial charge on any atom is -0.455 e. The fourth-order valence-electron chi connectivity index (χ4n) is 3.43. The average Bonchev–Trinajstić information content (AvgIpc) is 3.23. The van der Waals surface area contributed by atoms with E-state index < -0.39 is 14.9 Å². The number of nitro benzene ring substituents is 1. The predicted molar refractivity (Wildman–Crippen MR) is 132 cm³/mol. The summed E-state index contributed by atoms with van der Waals surface area (Å²) >= 11 is 0. The number of hydrogen-bond donors (Lipinski definition) is 2. The largest absolute Gasteiger partial charge is 0.455 e. The molecule has 0 aliphatic heterocycles. The Kier molecular flexibility index (Phi) is 6.08. The molecule has 9 nitrogen and oxygen atoms in total. The van der Waals surface area contributed by atoms with Gasteiger partial charge in [-0.15, -0.1) is 0 Å². The van der Waals surface area contributed by atoms with Crippen molar-refractivity contribution in [2.24, 2.45) is 5.10 Å². The summed E-state index contributed by atoms with van der Waals surface area (Å²) in [4.78, 5) is 10.4. The van der Waals surface area contributed by atoms with Crippen molar-refractivity contribution < 1.29 is 17.8 Å². The molecule has 0 unspecified atom stereocenters. The number of hydrazone groups is 1. The van der Waals surface area contributed by atoms with Crippen molar-refractivity contribution in [3.8, 4) is 0 Å². The molecule has 0 amide bonds. The van der Waals surface area contributed by atoms with Gasteiger partial charge in [0.25, 0.3) is 15.7 Å². The molecule has 0 atom stereocenters. The minimum atomic E-state index is -4.18. The number of furan rings is 1. The van der Waals surface area contributed by atoms with Gasteiger partial charge in [-0.05, 0) is 50.6 Å². The second-order valence-electron chi connectivity index (χ2n) is 7.82. The number of non-ortho nitro benzene ring substituents is 1. The highest BCUT2D eigenvalue weighted by atomic mass is 32.2. The Morgan fingerprint density at radius 3 is 2.44 bits per heavy atom. The SMILES string of the molecule is C/C(=N/Nc1ccc([N+](=O)[O-])cc1S(=O)(=O)Nc1ccc(C)cc1C)c1cc2ccccc2o1. The fourth-order valence-corrected chi connectivity index (χ4v) is 4.73. The third-order valence-electron chi connectivity index (χ3n) is 5.22. The Bertz CT molecular complexity index is 1510. The molecular weight excluding hydrogens is 456 g/mol. The normalized spacial score (nSPS) is 12.0. The van der Waals surface area contributed by atoms with Crippen LogP contribution in [0.3, 0.4) is 0 Å². The monoisotopic (exact) mass is 478 g/mol. The van der Waals surface area contributed by atoms with E-state index in [4.69, 9.17) is 4.42 Å². The van der Waals surface area contributed by atoms with Gasteiger partial charge in [0.1, 0.15) is 16.2 Å². The van der Waals surface area contributed by atoms with Gasteiger partial charge >= 0.3 is 0 Å². The van der Waals surface area contributed by atoms with Gasteiger partial charge in [0.05, 0.1) is 16.3 Å². The molecule has 2 N–H and O–H groups in total. The Balaban J connectivity index is 1.70. The standard InChI is InChI=1S/C24H22N4O5S/c1-15-8-10-20(16(2)12-15)27-34(31,32)24-14-19(28(29)30)9-11-21(24)26-25-17(3)23-13-18-6-4-5-7-22(18)33-23/h4-14,26-27H,1-3H3/b25-17-. The van der Waals surface area contributed by atoms with Crippen LogP contribution in [0.1, 0.15) is 23.8 Å². The second kappa shape index (κ2) is 8.99. The van der Waals surface area contributed by atoms with Crippen molar-refractivity contribution in [3.63, 3.8) is 0 Å². The third-order valence-corrected chi connectivity index (χ3v) is 6.62. The number of nitrogens with zero attached hydrogens (tertiary/aromatic N) is 2. The topological polar surface area (TPSA) is 127 Å². The summed E-state index contributed by atoms with van der Waals surface area (Å²) in [6.45, 7) is 5.38. The van der Waals surface area contributed by atoms with Crippen LogP contribution >= 0.6 is 0 Å². The van der Waals surface area contributed by atoms with Crippen molar-refractivity contribution in [2.75, 3.05) is 10.1 Å². The number of nitro groups is 1. The third kappa shape index (κ3) is 4.76. The lowest BCUT2D eigenvalue weighted by molar-refractivity contribution is -0.385. The van der Waals surface area contributed by atoms with Gasteiger partial charge in [-0.25, -0.2) is 8.42 Å². The molecule has 0 aliphatic carbocycles. The highest BCUT2D eigenvalue weighted by Gasteiger charge is 2.23. The Labute approximate surface area is 196 Å². The number of rotatable bonds is 7. The highest BCUT2D eigenvalue weighted by molar-refractivity contribution is 7.92. The van der Waals surface area contributed by atoms with Gasteiger partial charge in [0, 0.05) is 17.5 Å². The molecule has 1 heterocycles. The summed E-state index contributed by atoms with van der Waals surface area (Å²) in [6.07, 6.45) is 0. The highest BCUT2D eigenvalue weighted by Crippen LogP contribution is 2.29. The van der Waals surface area contributed by atoms with E-state index in [2.05, 4.69) is 15.2 Å². The van der Waals surface area contributed by atoms with Crippen LogP contribution in [0.15, 0.2) is 81.1 Å². The average molecular weight is 479 g/mol. The number of anilines is 2. The maximum absolute atomic E-state index is 13.2. The molecule has 0 bridgehead atoms. The zero-order valence-electron chi connectivity index (χ0n) is 18.7. The number of aryl methyl sites for hydroxylation is 2. The maximum Gasteiger partial charge on any atom is 0.270 e. The van der Waals surface area contributed by atoms with Crippen LogP contribution in [0, 0.1) is 24.0 Å². The van der Waals surface area contributed by atoms with E-state index in [0.29, 0.717) is 22.7 Å². The molecule has 0 radical (unpaired) electrons. The van der Waals surface area contributed by atoms with Crippen LogP contribution in [-0.4, -0.2) is 19.1 Å². The Hall–Kier alpha value is -4.18. The molecule has 0 saturated heterocycles. The summed E-state index contributed by atoms with van der Waals surface area (Å²) in [7, 11) is -4.18. The first kappa shape index (κ1) is 23.0. The van der Waals surface area contributed by atoms with Crippen LogP contribution in [-0.2, 0) is 10.0 Å². The lowest BCUT2D eigenvalue weighted by atomic mass is 10.1. The molecule has 3 aromatic carbocycles. The van der Waals surface area contributed by atoms with Gasteiger partial charge in [-0.1, -0.05) is 35.9 Å². The van der Waals surface area contributed by atoms with Crippen LogP contribution in [0.2, 0.25) is 0 Å². The number of benzene rings is 3. The van der Waals surface area contributed by atoms with Crippen LogP contribution < -0.4 is 10.1 Å². The molecule has 0 spiro atoms. The van der Waals surface area contributed by atoms with Crippen LogP contribution in [0.5, 0.6) is 0 Å². The van der Waals surface area contributed by atoms with Gasteiger partial charge in [0.2, 0.25) is 0 Å². The number of fused-ring (bicyclic) bond motifs is 1. The molecule has 0 saturated carbocycles. The van der Waals surface area contributed by atoms with E-state index in [1.54, 1.807) is 26.0 Å².